The Bertz CT molecular complexity index is 1150. The van der Waals surface area contributed by atoms with Crippen LogP contribution >= 0.6 is 23.2 Å². The minimum absolute atomic E-state index is 0.0245. The van der Waals surface area contributed by atoms with Crippen LogP contribution in [0.1, 0.15) is 30.9 Å². The van der Waals surface area contributed by atoms with Gasteiger partial charge >= 0.3 is 0 Å². The maximum absolute atomic E-state index is 13.5. The zero-order valence-electron chi connectivity index (χ0n) is 18.4. The summed E-state index contributed by atoms with van der Waals surface area (Å²) in [6.07, 6.45) is -0.989. The van der Waals surface area contributed by atoms with Gasteiger partial charge in [0.1, 0.15) is 17.3 Å². The number of hydrogen-bond acceptors (Lipinski definition) is 6. The van der Waals surface area contributed by atoms with Crippen LogP contribution in [0.4, 0.5) is 4.39 Å². The van der Waals surface area contributed by atoms with Gasteiger partial charge in [-0.2, -0.15) is 0 Å². The topological polar surface area (TPSA) is 106 Å². The van der Waals surface area contributed by atoms with Gasteiger partial charge in [-0.25, -0.2) is 4.39 Å². The van der Waals surface area contributed by atoms with Crippen LogP contribution in [0.3, 0.4) is 0 Å². The van der Waals surface area contributed by atoms with Crippen molar-refractivity contribution in [2.75, 3.05) is 6.61 Å². The molecule has 0 radical (unpaired) electrons. The van der Waals surface area contributed by atoms with E-state index in [0.29, 0.717) is 29.2 Å². The van der Waals surface area contributed by atoms with E-state index < -0.39 is 18.0 Å². The number of aliphatic hydroxyl groups is 1. The number of ether oxygens (including phenoxy) is 3. The Hall–Kier alpha value is -2.59. The van der Waals surface area contributed by atoms with Gasteiger partial charge in [0, 0.05) is 23.1 Å². The first-order chi connectivity index (χ1) is 16.8. The number of benzene rings is 2. The highest BCUT2D eigenvalue weighted by atomic mass is 35.5. The molecule has 3 N–H and O–H groups in total. The third-order valence-corrected chi connectivity index (χ3v) is 7.03. The summed E-state index contributed by atoms with van der Waals surface area (Å²) in [5.74, 6) is -0.667. The second kappa shape index (κ2) is 9.81. The molecule has 2 aromatic carbocycles. The zero-order valence-corrected chi connectivity index (χ0v) is 19.9. The van der Waals surface area contributed by atoms with Crippen LogP contribution in [0.25, 0.3) is 0 Å². The van der Waals surface area contributed by atoms with Gasteiger partial charge in [-0.05, 0) is 43.2 Å². The quantitative estimate of drug-likeness (QED) is 0.536. The lowest BCUT2D eigenvalue weighted by Gasteiger charge is -2.31. The summed E-state index contributed by atoms with van der Waals surface area (Å²) in [5, 5.41) is 16.7. The molecule has 0 aromatic heterocycles. The maximum atomic E-state index is 13.5. The fourth-order valence-corrected chi connectivity index (χ4v) is 5.08. The Labute approximate surface area is 210 Å². The molecular weight excluding hydrogens is 502 g/mol. The molecule has 8 nitrogen and oxygen atoms in total. The second-order valence-electron chi connectivity index (χ2n) is 8.88. The SMILES string of the molecule is O=C(COc1ccc(Cl)c(F)c1)N[C@@H]1C[C@@H]2O[C@H]1C[C@H]2NC(=O)[C@H]1C[C@@H](O)c2cc(Cl)ccc2O1. The summed E-state index contributed by atoms with van der Waals surface area (Å²) in [6.45, 7) is -0.275. The molecule has 186 valence electrons. The number of hydrogen-bond donors (Lipinski definition) is 3. The molecule has 0 spiro atoms. The fraction of sp³-hybridized carbons (Fsp3) is 0.417. The number of carbonyl (C=O) groups excluding carboxylic acids is 2. The second-order valence-corrected chi connectivity index (χ2v) is 9.72. The van der Waals surface area contributed by atoms with Crippen molar-refractivity contribution in [1.29, 1.82) is 0 Å². The number of rotatable bonds is 6. The molecule has 0 unspecified atom stereocenters. The van der Waals surface area contributed by atoms with E-state index in [2.05, 4.69) is 10.6 Å². The maximum Gasteiger partial charge on any atom is 0.261 e. The van der Waals surface area contributed by atoms with E-state index >= 15 is 0 Å². The van der Waals surface area contributed by atoms with E-state index in [1.54, 1.807) is 18.2 Å². The van der Waals surface area contributed by atoms with Crippen molar-refractivity contribution in [2.24, 2.45) is 0 Å². The molecule has 0 saturated carbocycles. The average Bonchev–Trinajstić information content (AvgIpc) is 3.40. The fourth-order valence-electron chi connectivity index (χ4n) is 4.78. The van der Waals surface area contributed by atoms with Crippen LogP contribution in [-0.2, 0) is 14.3 Å². The monoisotopic (exact) mass is 524 g/mol. The molecule has 6 atom stereocenters. The van der Waals surface area contributed by atoms with Crippen molar-refractivity contribution >= 4 is 35.0 Å². The van der Waals surface area contributed by atoms with E-state index in [0.717, 1.165) is 6.07 Å². The first-order valence-corrected chi connectivity index (χ1v) is 12.0. The Morgan fingerprint density at radius 2 is 1.80 bits per heavy atom. The molecule has 2 aromatic rings. The van der Waals surface area contributed by atoms with Crippen molar-refractivity contribution in [3.8, 4) is 11.5 Å². The van der Waals surface area contributed by atoms with Crippen molar-refractivity contribution in [3.05, 3.63) is 57.8 Å². The summed E-state index contributed by atoms with van der Waals surface area (Å²) in [5.41, 5.74) is 0.563. The Morgan fingerprint density at radius 1 is 1.06 bits per heavy atom. The van der Waals surface area contributed by atoms with E-state index in [-0.39, 0.29) is 59.9 Å². The highest BCUT2D eigenvalue weighted by Crippen LogP contribution is 2.38. The summed E-state index contributed by atoms with van der Waals surface area (Å²) in [6, 6.07) is 8.44. The van der Waals surface area contributed by atoms with Gasteiger partial charge < -0.3 is 30.0 Å². The predicted molar refractivity (Wildman–Crippen MR) is 124 cm³/mol. The molecule has 5 rings (SSSR count). The number of carbonyl (C=O) groups is 2. The lowest BCUT2D eigenvalue weighted by Crippen LogP contribution is -2.52. The van der Waals surface area contributed by atoms with Crippen LogP contribution in [0, 0.1) is 5.82 Å². The Kier molecular flexibility index (Phi) is 6.76. The van der Waals surface area contributed by atoms with Crippen LogP contribution in [0.5, 0.6) is 11.5 Å². The number of amides is 2. The standard InChI is InChI=1S/C24H23Cl2FN2O6/c25-11-1-4-19-13(5-11)18(30)9-22(34-19)24(32)29-17-8-20-16(7-21(17)35-20)28-23(31)10-33-12-2-3-14(26)15(27)6-12/h1-6,16-18,20-22,30H,7-10H2,(H,28,31)(H,29,32)/t16-,17-,18-,20+,21+,22-/m1/s1. The summed E-state index contributed by atoms with van der Waals surface area (Å²) in [7, 11) is 0. The third-order valence-electron chi connectivity index (χ3n) is 6.48. The molecule has 2 fully saturated rings. The lowest BCUT2D eigenvalue weighted by atomic mass is 9.90. The van der Waals surface area contributed by atoms with Crippen molar-refractivity contribution in [1.82, 2.24) is 10.6 Å². The Morgan fingerprint density at radius 3 is 2.51 bits per heavy atom. The molecular formula is C24H23Cl2FN2O6. The predicted octanol–water partition coefficient (Wildman–Crippen LogP) is 2.93. The molecule has 3 aliphatic heterocycles. The first-order valence-electron chi connectivity index (χ1n) is 11.2. The van der Waals surface area contributed by atoms with Gasteiger partial charge in [0.15, 0.2) is 12.7 Å². The molecule has 2 amide bonds. The van der Waals surface area contributed by atoms with Crippen LogP contribution in [-0.4, -0.2) is 53.9 Å². The summed E-state index contributed by atoms with van der Waals surface area (Å²) >= 11 is 11.6. The molecule has 35 heavy (non-hydrogen) atoms. The Balaban J connectivity index is 1.09. The van der Waals surface area contributed by atoms with Crippen molar-refractivity contribution < 1.29 is 33.3 Å². The summed E-state index contributed by atoms with van der Waals surface area (Å²) < 4.78 is 30.5. The van der Waals surface area contributed by atoms with Gasteiger partial charge in [0.25, 0.3) is 11.8 Å². The summed E-state index contributed by atoms with van der Waals surface area (Å²) in [4.78, 5) is 25.1. The zero-order chi connectivity index (χ0) is 24.7. The highest BCUT2D eigenvalue weighted by Gasteiger charge is 2.49. The van der Waals surface area contributed by atoms with Crippen molar-refractivity contribution in [3.63, 3.8) is 0 Å². The highest BCUT2D eigenvalue weighted by molar-refractivity contribution is 6.31. The van der Waals surface area contributed by atoms with Crippen molar-refractivity contribution in [2.45, 2.75) is 55.8 Å². The van der Waals surface area contributed by atoms with Crippen LogP contribution in [0.2, 0.25) is 10.0 Å². The van der Waals surface area contributed by atoms with Gasteiger partial charge in [-0.3, -0.25) is 9.59 Å². The first kappa shape index (κ1) is 24.1. The molecule has 0 aliphatic carbocycles. The number of fused-ring (bicyclic) bond motifs is 3. The van der Waals surface area contributed by atoms with Gasteiger partial charge in [-0.15, -0.1) is 0 Å². The van der Waals surface area contributed by atoms with E-state index in [9.17, 15) is 19.1 Å². The van der Waals surface area contributed by atoms with Gasteiger partial charge in [0.05, 0.1) is 35.4 Å². The molecule has 2 bridgehead atoms. The number of aliphatic hydroxyl groups excluding tert-OH is 1. The smallest absolute Gasteiger partial charge is 0.261 e. The van der Waals surface area contributed by atoms with E-state index in [1.807, 2.05) is 0 Å². The van der Waals surface area contributed by atoms with Crippen LogP contribution < -0.4 is 20.1 Å². The minimum Gasteiger partial charge on any atom is -0.484 e. The largest absolute Gasteiger partial charge is 0.484 e. The lowest BCUT2D eigenvalue weighted by molar-refractivity contribution is -0.131. The normalized spacial score (nSPS) is 28.7. The van der Waals surface area contributed by atoms with E-state index in [4.69, 9.17) is 37.4 Å². The van der Waals surface area contributed by atoms with Gasteiger partial charge in [0.2, 0.25) is 0 Å². The third kappa shape index (κ3) is 5.18. The number of nitrogens with one attached hydrogen (secondary N) is 2. The molecule has 11 heteroatoms. The average molecular weight is 525 g/mol. The molecule has 3 heterocycles. The molecule has 3 aliphatic rings. The van der Waals surface area contributed by atoms with Gasteiger partial charge in [-0.1, -0.05) is 23.2 Å². The number of halogens is 3. The molecule has 2 saturated heterocycles. The minimum atomic E-state index is -0.851. The van der Waals surface area contributed by atoms with Crippen LogP contribution in [0.15, 0.2) is 36.4 Å². The van der Waals surface area contributed by atoms with E-state index in [1.165, 1.54) is 12.1 Å².